The van der Waals surface area contributed by atoms with Gasteiger partial charge in [-0.1, -0.05) is 265 Å². The molecule has 0 N–H and O–H groups in total. The summed E-state index contributed by atoms with van der Waals surface area (Å²) in [7, 11) is 0. The Bertz CT molecular complexity index is 1460. The molecular formula is C65H108O6. The lowest BCUT2D eigenvalue weighted by Gasteiger charge is -2.18. The van der Waals surface area contributed by atoms with Gasteiger partial charge in [-0.2, -0.15) is 0 Å². The second-order valence-electron chi connectivity index (χ2n) is 19.2. The van der Waals surface area contributed by atoms with Crippen molar-refractivity contribution >= 4 is 17.9 Å². The molecule has 71 heavy (non-hydrogen) atoms. The zero-order valence-electron chi connectivity index (χ0n) is 46.2. The third-order valence-corrected chi connectivity index (χ3v) is 12.3. The van der Waals surface area contributed by atoms with Crippen LogP contribution in [0.15, 0.2) is 109 Å². The van der Waals surface area contributed by atoms with Crippen molar-refractivity contribution in [2.75, 3.05) is 13.2 Å². The first-order chi connectivity index (χ1) is 35.0. The van der Waals surface area contributed by atoms with Crippen molar-refractivity contribution in [2.45, 2.75) is 271 Å². The molecule has 0 heterocycles. The van der Waals surface area contributed by atoms with E-state index in [0.717, 1.165) is 77.0 Å². The standard InChI is InChI=1S/C65H108O6/c1-4-7-10-13-16-19-22-25-28-31-32-35-37-40-43-46-49-52-55-58-64(67)70-61-62(71-65(68)59-56-53-50-47-44-41-38-34-30-27-24-21-18-15-12-9-6-3)60-69-63(66)57-54-51-48-45-42-39-36-33-29-26-23-20-17-14-11-8-5-2/h7,10,16,19,25,27-28,30,32,35,38,40-41,43,47,49-50,52,62H,4-6,8-9,11-15,17-18,20-24,26,29,31,33-34,36-37,39,42,44-46,48,51,53-61H2,1-3H3/b10-7-,19-16-,28-25-,30-27-,35-32-,41-38-,43-40-,50-47-,52-49-/t62-/m0/s1. The van der Waals surface area contributed by atoms with Gasteiger partial charge >= 0.3 is 17.9 Å². The van der Waals surface area contributed by atoms with Crippen LogP contribution in [0, 0.1) is 0 Å². The normalized spacial score (nSPS) is 12.9. The summed E-state index contributed by atoms with van der Waals surface area (Å²) in [5.74, 6) is -1.06. The Morgan fingerprint density at radius 2 is 0.592 bits per heavy atom. The van der Waals surface area contributed by atoms with Crippen LogP contribution in [0.5, 0.6) is 0 Å². The summed E-state index contributed by atoms with van der Waals surface area (Å²) in [6.45, 7) is 6.43. The molecule has 0 aromatic heterocycles. The molecule has 0 aliphatic heterocycles. The van der Waals surface area contributed by atoms with Gasteiger partial charge in [0.15, 0.2) is 6.10 Å². The van der Waals surface area contributed by atoms with Crippen LogP contribution in [0.2, 0.25) is 0 Å². The molecule has 0 unspecified atom stereocenters. The minimum Gasteiger partial charge on any atom is -0.462 e. The third-order valence-electron chi connectivity index (χ3n) is 12.3. The highest BCUT2D eigenvalue weighted by Gasteiger charge is 2.19. The summed E-state index contributed by atoms with van der Waals surface area (Å²) < 4.78 is 16.8. The Morgan fingerprint density at radius 3 is 0.986 bits per heavy atom. The van der Waals surface area contributed by atoms with Gasteiger partial charge in [0.25, 0.3) is 0 Å². The van der Waals surface area contributed by atoms with Gasteiger partial charge in [0, 0.05) is 19.3 Å². The van der Waals surface area contributed by atoms with Gasteiger partial charge in [-0.25, -0.2) is 0 Å². The molecule has 0 bridgehead atoms. The number of rotatable bonds is 52. The molecule has 0 aromatic carbocycles. The minimum atomic E-state index is -0.836. The van der Waals surface area contributed by atoms with Crippen LogP contribution in [-0.2, 0) is 28.6 Å². The van der Waals surface area contributed by atoms with E-state index in [1.165, 1.54) is 135 Å². The topological polar surface area (TPSA) is 78.9 Å². The van der Waals surface area contributed by atoms with Gasteiger partial charge < -0.3 is 14.2 Å². The van der Waals surface area contributed by atoms with Gasteiger partial charge in [-0.15, -0.1) is 0 Å². The molecule has 0 saturated carbocycles. The van der Waals surface area contributed by atoms with Crippen molar-refractivity contribution in [3.63, 3.8) is 0 Å². The van der Waals surface area contributed by atoms with E-state index in [4.69, 9.17) is 14.2 Å². The van der Waals surface area contributed by atoms with Gasteiger partial charge in [-0.05, 0) is 89.9 Å². The van der Waals surface area contributed by atoms with Crippen molar-refractivity contribution in [3.8, 4) is 0 Å². The largest absolute Gasteiger partial charge is 0.462 e. The number of esters is 3. The molecule has 0 fully saturated rings. The second-order valence-corrected chi connectivity index (χ2v) is 19.2. The molecule has 6 nitrogen and oxygen atoms in total. The van der Waals surface area contributed by atoms with Crippen LogP contribution in [0.25, 0.3) is 0 Å². The maximum absolute atomic E-state index is 12.8. The fourth-order valence-electron chi connectivity index (χ4n) is 7.90. The smallest absolute Gasteiger partial charge is 0.306 e. The zero-order valence-corrected chi connectivity index (χ0v) is 46.2. The SMILES string of the molecule is CC/C=C\C/C=C\C/C=C\C/C=C\C/C=C\C/C=C\CCC(=O)OC[C@H](COC(=O)CCCCCCCCCCCCCCCCCCC)OC(=O)CCC/C=C\C/C=C\C/C=C\CCCCCCCC. The van der Waals surface area contributed by atoms with E-state index in [0.29, 0.717) is 19.3 Å². The van der Waals surface area contributed by atoms with Crippen LogP contribution in [0.4, 0.5) is 0 Å². The van der Waals surface area contributed by atoms with Gasteiger partial charge in [0.2, 0.25) is 0 Å². The first-order valence-corrected chi connectivity index (χ1v) is 29.4. The molecule has 0 aliphatic rings. The quantitative estimate of drug-likeness (QED) is 0.0261. The lowest BCUT2D eigenvalue weighted by molar-refractivity contribution is -0.166. The van der Waals surface area contributed by atoms with Crippen LogP contribution in [0.3, 0.4) is 0 Å². The van der Waals surface area contributed by atoms with Gasteiger partial charge in [0.1, 0.15) is 13.2 Å². The third kappa shape index (κ3) is 56.9. The number of hydrogen-bond donors (Lipinski definition) is 0. The first-order valence-electron chi connectivity index (χ1n) is 29.4. The van der Waals surface area contributed by atoms with Crippen LogP contribution < -0.4 is 0 Å². The van der Waals surface area contributed by atoms with E-state index >= 15 is 0 Å². The number of allylic oxidation sites excluding steroid dienone is 18. The average Bonchev–Trinajstić information content (AvgIpc) is 3.37. The fourth-order valence-corrected chi connectivity index (χ4v) is 7.90. The zero-order chi connectivity index (χ0) is 51.4. The average molecular weight is 986 g/mol. The van der Waals surface area contributed by atoms with Gasteiger partial charge in [-0.3, -0.25) is 14.4 Å². The molecule has 0 amide bonds. The predicted molar refractivity (Wildman–Crippen MR) is 307 cm³/mol. The Kier molecular flexibility index (Phi) is 55.4. The summed E-state index contributed by atoms with van der Waals surface area (Å²) in [5, 5.41) is 0. The molecular weight excluding hydrogens is 877 g/mol. The molecule has 0 spiro atoms. The number of hydrogen-bond acceptors (Lipinski definition) is 6. The highest BCUT2D eigenvalue weighted by atomic mass is 16.6. The number of ether oxygens (including phenoxy) is 3. The maximum Gasteiger partial charge on any atom is 0.306 e. The number of carbonyl (C=O) groups is 3. The van der Waals surface area contributed by atoms with Gasteiger partial charge in [0.05, 0.1) is 0 Å². The van der Waals surface area contributed by atoms with Crippen molar-refractivity contribution in [3.05, 3.63) is 109 Å². The summed E-state index contributed by atoms with van der Waals surface area (Å²) in [6, 6.07) is 0. The highest BCUT2D eigenvalue weighted by Crippen LogP contribution is 2.15. The molecule has 0 saturated heterocycles. The lowest BCUT2D eigenvalue weighted by atomic mass is 10.0. The highest BCUT2D eigenvalue weighted by molar-refractivity contribution is 5.71. The molecule has 0 radical (unpaired) electrons. The molecule has 1 atom stereocenters. The van der Waals surface area contributed by atoms with E-state index < -0.39 is 6.10 Å². The maximum atomic E-state index is 12.8. The Labute approximate surface area is 438 Å². The number of unbranched alkanes of at least 4 members (excludes halogenated alkanes) is 23. The van der Waals surface area contributed by atoms with Crippen LogP contribution >= 0.6 is 0 Å². The monoisotopic (exact) mass is 985 g/mol. The van der Waals surface area contributed by atoms with E-state index in [9.17, 15) is 14.4 Å². The van der Waals surface area contributed by atoms with E-state index in [1.807, 2.05) is 6.08 Å². The Morgan fingerprint density at radius 1 is 0.296 bits per heavy atom. The fraction of sp³-hybridized carbons (Fsp3) is 0.677. The lowest BCUT2D eigenvalue weighted by Crippen LogP contribution is -2.30. The minimum absolute atomic E-state index is 0.121. The molecule has 6 heteroatoms. The predicted octanol–water partition coefficient (Wildman–Crippen LogP) is 19.9. The summed E-state index contributed by atoms with van der Waals surface area (Å²) in [5.41, 5.74) is 0. The first kappa shape index (κ1) is 67.1. The molecule has 0 aliphatic carbocycles. The Balaban J connectivity index is 4.56. The van der Waals surface area contributed by atoms with Crippen LogP contribution in [-0.4, -0.2) is 37.2 Å². The Hall–Kier alpha value is -3.93. The van der Waals surface area contributed by atoms with E-state index in [2.05, 4.69) is 124 Å². The van der Waals surface area contributed by atoms with Crippen molar-refractivity contribution in [1.82, 2.24) is 0 Å². The van der Waals surface area contributed by atoms with Crippen LogP contribution in [0.1, 0.15) is 265 Å². The molecule has 404 valence electrons. The van der Waals surface area contributed by atoms with Crippen molar-refractivity contribution in [1.29, 1.82) is 0 Å². The van der Waals surface area contributed by atoms with Crippen molar-refractivity contribution < 1.29 is 28.6 Å². The molecule has 0 rings (SSSR count). The summed E-state index contributed by atoms with van der Waals surface area (Å²) in [4.78, 5) is 38.1. The summed E-state index contributed by atoms with van der Waals surface area (Å²) >= 11 is 0. The van der Waals surface area contributed by atoms with Crippen molar-refractivity contribution in [2.24, 2.45) is 0 Å². The number of carbonyl (C=O) groups excluding carboxylic acids is 3. The van der Waals surface area contributed by atoms with E-state index in [1.54, 1.807) is 0 Å². The summed E-state index contributed by atoms with van der Waals surface area (Å²) in [6.07, 6.45) is 79.6. The molecule has 0 aromatic rings. The second kappa shape index (κ2) is 58.6. The van der Waals surface area contributed by atoms with E-state index in [-0.39, 0.29) is 44.0 Å².